The molecule has 2 N–H and O–H groups in total. The average molecular weight is 383 g/mol. The molecule has 28 heavy (non-hydrogen) atoms. The number of methoxy groups -OCH3 is 3. The van der Waals surface area contributed by atoms with E-state index in [1.807, 2.05) is 42.9 Å². The van der Waals surface area contributed by atoms with E-state index in [2.05, 4.69) is 12.3 Å². The van der Waals surface area contributed by atoms with Crippen molar-refractivity contribution in [2.45, 2.75) is 13.3 Å². The Bertz CT molecular complexity index is 976. The Morgan fingerprint density at radius 1 is 0.893 bits per heavy atom. The van der Waals surface area contributed by atoms with E-state index in [0.29, 0.717) is 41.7 Å². The second-order valence-electron chi connectivity index (χ2n) is 6.53. The minimum absolute atomic E-state index is 0.576. The number of hydrogen-bond acceptors (Lipinski definition) is 5. The maximum Gasteiger partial charge on any atom is 0.203 e. The Morgan fingerprint density at radius 2 is 1.57 bits per heavy atom. The van der Waals surface area contributed by atoms with Crippen LogP contribution in [0.4, 0.5) is 5.69 Å². The smallest absolute Gasteiger partial charge is 0.203 e. The first-order chi connectivity index (χ1) is 13.5. The van der Waals surface area contributed by atoms with Gasteiger partial charge in [0.1, 0.15) is 12.8 Å². The minimum atomic E-state index is 0.576. The molecule has 2 aromatic carbocycles. The van der Waals surface area contributed by atoms with E-state index in [1.54, 1.807) is 21.3 Å². The Morgan fingerprint density at radius 3 is 2.14 bits per heavy atom. The van der Waals surface area contributed by atoms with Gasteiger partial charge in [-0.05, 0) is 42.1 Å². The number of hydrogen-bond donors (Lipinski definition) is 1. The van der Waals surface area contributed by atoms with Crippen LogP contribution in [0.5, 0.6) is 23.0 Å². The van der Waals surface area contributed by atoms with Gasteiger partial charge >= 0.3 is 0 Å². The van der Waals surface area contributed by atoms with Crippen LogP contribution in [0.15, 0.2) is 36.7 Å². The van der Waals surface area contributed by atoms with Crippen LogP contribution in [0.2, 0.25) is 0 Å². The van der Waals surface area contributed by atoms with Gasteiger partial charge in [-0.1, -0.05) is 0 Å². The van der Waals surface area contributed by atoms with E-state index in [0.717, 1.165) is 21.9 Å². The maximum absolute atomic E-state index is 6.37. The quantitative estimate of drug-likeness (QED) is 0.501. The van der Waals surface area contributed by atoms with Crippen molar-refractivity contribution in [3.8, 4) is 23.0 Å². The third-order valence-electron chi connectivity index (χ3n) is 4.70. The molecule has 1 heterocycles. The third kappa shape index (κ3) is 3.63. The van der Waals surface area contributed by atoms with Crippen molar-refractivity contribution in [3.63, 3.8) is 0 Å². The first-order valence-corrected chi connectivity index (χ1v) is 9.14. The number of pyridine rings is 1. The highest BCUT2D eigenvalue weighted by Crippen LogP contribution is 2.39. The predicted octanol–water partition coefficient (Wildman–Crippen LogP) is 3.26. The lowest BCUT2D eigenvalue weighted by Crippen LogP contribution is -2.27. The first-order valence-electron chi connectivity index (χ1n) is 9.14. The standard InChI is InChI=1S/C22H26N2O4/c1-6-28-18-8-7-16-15(12-24(2)13-17(16)21(18)23)9-14-10-19(25-3)22(27-5)20(11-14)26-4/h7-8,10-13,23H,6,9H2,1-5H3/p+1. The summed E-state index contributed by atoms with van der Waals surface area (Å²) in [6, 6.07) is 7.93. The second-order valence-corrected chi connectivity index (χ2v) is 6.53. The molecule has 0 radical (unpaired) electrons. The number of benzene rings is 2. The Labute approximate surface area is 165 Å². The lowest BCUT2D eigenvalue weighted by Gasteiger charge is -2.15. The number of nitrogens with zero attached hydrogens (tertiary/aromatic N) is 1. The van der Waals surface area contributed by atoms with E-state index < -0.39 is 0 Å². The van der Waals surface area contributed by atoms with Crippen LogP contribution in [0.25, 0.3) is 10.8 Å². The number of ether oxygens (including phenoxy) is 4. The molecule has 0 aliphatic rings. The summed E-state index contributed by atoms with van der Waals surface area (Å²) in [5, 5.41) is 2.06. The van der Waals surface area contributed by atoms with Gasteiger partial charge in [-0.15, -0.1) is 0 Å². The minimum Gasteiger partial charge on any atom is -0.493 e. The number of anilines is 1. The van der Waals surface area contributed by atoms with Crippen LogP contribution in [0.3, 0.4) is 0 Å². The molecule has 1 aromatic heterocycles. The summed E-state index contributed by atoms with van der Waals surface area (Å²) in [6.07, 6.45) is 4.81. The van der Waals surface area contributed by atoms with Gasteiger partial charge in [0.25, 0.3) is 0 Å². The SMILES string of the molecule is CCOc1ccc2c(Cc3cc(OC)c(OC)c(OC)c3)c[n+](C)cc2c1N. The number of nitrogens with two attached hydrogens (primary N) is 1. The van der Waals surface area contributed by atoms with Crippen molar-refractivity contribution in [2.24, 2.45) is 7.05 Å². The second kappa shape index (κ2) is 8.25. The van der Waals surface area contributed by atoms with Gasteiger partial charge in [0.05, 0.1) is 39.0 Å². The number of rotatable bonds is 7. The van der Waals surface area contributed by atoms with Gasteiger partial charge in [-0.3, -0.25) is 0 Å². The van der Waals surface area contributed by atoms with Crippen molar-refractivity contribution in [1.82, 2.24) is 0 Å². The van der Waals surface area contributed by atoms with Crippen LogP contribution in [0, 0.1) is 0 Å². The Balaban J connectivity index is 2.11. The summed E-state index contributed by atoms with van der Waals surface area (Å²) >= 11 is 0. The van der Waals surface area contributed by atoms with Crippen LogP contribution >= 0.6 is 0 Å². The van der Waals surface area contributed by atoms with E-state index in [9.17, 15) is 0 Å². The highest BCUT2D eigenvalue weighted by molar-refractivity contribution is 5.96. The van der Waals surface area contributed by atoms with Crippen molar-refractivity contribution in [2.75, 3.05) is 33.7 Å². The largest absolute Gasteiger partial charge is 0.493 e. The summed E-state index contributed by atoms with van der Waals surface area (Å²) in [6.45, 7) is 2.53. The van der Waals surface area contributed by atoms with E-state index in [4.69, 9.17) is 24.7 Å². The molecule has 0 unspecified atom stereocenters. The molecule has 0 spiro atoms. The van der Waals surface area contributed by atoms with Gasteiger partial charge < -0.3 is 24.7 Å². The monoisotopic (exact) mass is 383 g/mol. The molecule has 0 aliphatic carbocycles. The lowest BCUT2D eigenvalue weighted by atomic mass is 9.99. The number of aryl methyl sites for hydroxylation is 1. The fraction of sp³-hybridized carbons (Fsp3) is 0.318. The number of nitrogen functional groups attached to an aromatic ring is 1. The van der Waals surface area contributed by atoms with E-state index in [1.165, 1.54) is 0 Å². The predicted molar refractivity (Wildman–Crippen MR) is 110 cm³/mol. The van der Waals surface area contributed by atoms with Crippen LogP contribution in [-0.2, 0) is 13.5 Å². The molecule has 0 atom stereocenters. The fourth-order valence-corrected chi connectivity index (χ4v) is 3.47. The van der Waals surface area contributed by atoms with Crippen LogP contribution in [-0.4, -0.2) is 27.9 Å². The normalized spacial score (nSPS) is 10.8. The molecule has 0 saturated heterocycles. The molecule has 0 aliphatic heterocycles. The molecular formula is C22H27N2O4+. The van der Waals surface area contributed by atoms with Crippen LogP contribution < -0.4 is 29.2 Å². The summed E-state index contributed by atoms with van der Waals surface area (Å²) < 4.78 is 24.0. The zero-order valence-electron chi connectivity index (χ0n) is 17.0. The molecule has 0 bridgehead atoms. The zero-order chi connectivity index (χ0) is 20.3. The zero-order valence-corrected chi connectivity index (χ0v) is 17.0. The van der Waals surface area contributed by atoms with Crippen LogP contribution in [0.1, 0.15) is 18.1 Å². The van der Waals surface area contributed by atoms with Crippen molar-refractivity contribution in [3.05, 3.63) is 47.8 Å². The van der Waals surface area contributed by atoms with E-state index in [-0.39, 0.29) is 0 Å². The Hall–Kier alpha value is -3.15. The molecule has 148 valence electrons. The molecule has 3 aromatic rings. The van der Waals surface area contributed by atoms with Gasteiger partial charge in [0.2, 0.25) is 5.75 Å². The molecule has 3 rings (SSSR count). The van der Waals surface area contributed by atoms with Gasteiger partial charge in [0.15, 0.2) is 23.9 Å². The lowest BCUT2D eigenvalue weighted by molar-refractivity contribution is -0.670. The van der Waals surface area contributed by atoms with Gasteiger partial charge in [-0.25, -0.2) is 4.57 Å². The van der Waals surface area contributed by atoms with Gasteiger partial charge in [-0.2, -0.15) is 0 Å². The fourth-order valence-electron chi connectivity index (χ4n) is 3.47. The molecular weight excluding hydrogens is 356 g/mol. The van der Waals surface area contributed by atoms with Crippen molar-refractivity contribution in [1.29, 1.82) is 0 Å². The summed E-state index contributed by atoms with van der Waals surface area (Å²) in [5.74, 6) is 2.57. The average Bonchev–Trinajstić information content (AvgIpc) is 2.69. The molecule has 0 amide bonds. The highest BCUT2D eigenvalue weighted by Gasteiger charge is 2.17. The molecule has 6 heteroatoms. The van der Waals surface area contributed by atoms with E-state index >= 15 is 0 Å². The first kappa shape index (κ1) is 19.6. The maximum atomic E-state index is 6.37. The Kier molecular flexibility index (Phi) is 5.78. The topological polar surface area (TPSA) is 66.8 Å². The summed E-state index contributed by atoms with van der Waals surface area (Å²) in [7, 11) is 6.83. The molecule has 0 fully saturated rings. The van der Waals surface area contributed by atoms with Crippen molar-refractivity contribution < 1.29 is 23.5 Å². The van der Waals surface area contributed by atoms with Gasteiger partial charge in [0, 0.05) is 12.0 Å². The molecule has 6 nitrogen and oxygen atoms in total. The number of aromatic nitrogens is 1. The molecule has 0 saturated carbocycles. The third-order valence-corrected chi connectivity index (χ3v) is 4.70. The highest BCUT2D eigenvalue weighted by atomic mass is 16.5. The number of fused-ring (bicyclic) bond motifs is 1. The summed E-state index contributed by atoms with van der Waals surface area (Å²) in [5.41, 5.74) is 9.22. The van der Waals surface area contributed by atoms with Crippen molar-refractivity contribution >= 4 is 16.5 Å². The summed E-state index contributed by atoms with van der Waals surface area (Å²) in [4.78, 5) is 0.